The summed E-state index contributed by atoms with van der Waals surface area (Å²) in [6.07, 6.45) is 6.08. The number of aromatic nitrogens is 2. The number of sulfone groups is 1. The van der Waals surface area contributed by atoms with Crippen LogP contribution in [0.4, 0.5) is 5.95 Å². The van der Waals surface area contributed by atoms with Crippen LogP contribution in [-0.2, 0) is 14.6 Å². The van der Waals surface area contributed by atoms with Crippen LogP contribution in [0.25, 0.3) is 0 Å². The molecule has 1 N–H and O–H groups in total. The predicted octanol–water partition coefficient (Wildman–Crippen LogP) is 1.08. The van der Waals surface area contributed by atoms with Gasteiger partial charge in [0.2, 0.25) is 5.95 Å². The van der Waals surface area contributed by atoms with E-state index < -0.39 is 9.84 Å². The number of imidazole rings is 1. The van der Waals surface area contributed by atoms with Gasteiger partial charge >= 0.3 is 0 Å². The molecule has 2 rings (SSSR count). The third-order valence-corrected chi connectivity index (χ3v) is 5.11. The molecule has 108 valence electrons. The summed E-state index contributed by atoms with van der Waals surface area (Å²) in [5.41, 5.74) is 0. The molecule has 0 radical (unpaired) electrons. The molecule has 2 heterocycles. The van der Waals surface area contributed by atoms with Gasteiger partial charge in [-0.2, -0.15) is 0 Å². The zero-order valence-corrected chi connectivity index (χ0v) is 12.0. The summed E-state index contributed by atoms with van der Waals surface area (Å²) in [7, 11) is -1.23. The molecule has 1 aromatic rings. The fourth-order valence-electron chi connectivity index (χ4n) is 2.38. The topological polar surface area (TPSA) is 73.2 Å². The maximum absolute atomic E-state index is 11.7. The summed E-state index contributed by atoms with van der Waals surface area (Å²) in [5.74, 6) is 1.28. The molecule has 0 aliphatic carbocycles. The fraction of sp³-hybridized carbons (Fsp3) is 0.750. The minimum atomic E-state index is -2.90. The van der Waals surface area contributed by atoms with Crippen LogP contribution in [0.2, 0.25) is 0 Å². The van der Waals surface area contributed by atoms with Crippen molar-refractivity contribution in [3.8, 4) is 0 Å². The van der Waals surface area contributed by atoms with Crippen LogP contribution in [0.15, 0.2) is 12.4 Å². The van der Waals surface area contributed by atoms with Crippen molar-refractivity contribution in [1.82, 2.24) is 9.55 Å². The third-order valence-electron chi connectivity index (χ3n) is 3.31. The van der Waals surface area contributed by atoms with Gasteiger partial charge in [-0.1, -0.05) is 0 Å². The Morgan fingerprint density at radius 3 is 3.16 bits per heavy atom. The highest BCUT2D eigenvalue weighted by Crippen LogP contribution is 2.25. The van der Waals surface area contributed by atoms with Gasteiger partial charge in [0, 0.05) is 32.7 Å². The molecule has 1 fully saturated rings. The van der Waals surface area contributed by atoms with Crippen LogP contribution in [-0.4, -0.2) is 49.7 Å². The molecule has 0 spiro atoms. The molecule has 6 nitrogen and oxygen atoms in total. The molecule has 1 saturated heterocycles. The number of nitrogens with zero attached hydrogens (tertiary/aromatic N) is 2. The molecular weight excluding hydrogens is 266 g/mol. The van der Waals surface area contributed by atoms with Gasteiger partial charge in [-0.05, 0) is 19.3 Å². The Morgan fingerprint density at radius 2 is 2.42 bits per heavy atom. The summed E-state index contributed by atoms with van der Waals surface area (Å²) in [5, 5.41) is 3.23. The van der Waals surface area contributed by atoms with E-state index in [0.717, 1.165) is 31.8 Å². The number of methoxy groups -OCH3 is 1. The Morgan fingerprint density at radius 1 is 1.58 bits per heavy atom. The molecular formula is C12H21N3O3S. The zero-order chi connectivity index (χ0) is 13.7. The standard InChI is InChI=1S/C12H21N3O3S/c1-18-8-3-5-13-12-14-6-7-15(12)11-4-2-9-19(16,17)10-11/h6-7,11H,2-5,8-10H2,1H3,(H,13,14). The number of hydrogen-bond acceptors (Lipinski definition) is 5. The monoisotopic (exact) mass is 287 g/mol. The van der Waals surface area contributed by atoms with Gasteiger partial charge in [-0.15, -0.1) is 0 Å². The van der Waals surface area contributed by atoms with E-state index in [9.17, 15) is 8.42 Å². The van der Waals surface area contributed by atoms with Gasteiger partial charge in [-0.3, -0.25) is 0 Å². The molecule has 7 heteroatoms. The molecule has 1 atom stereocenters. The van der Waals surface area contributed by atoms with Gasteiger partial charge < -0.3 is 14.6 Å². The lowest BCUT2D eigenvalue weighted by Crippen LogP contribution is -2.28. The van der Waals surface area contributed by atoms with Gasteiger partial charge in [-0.25, -0.2) is 13.4 Å². The SMILES string of the molecule is COCCCNc1nccn1C1CCCS(=O)(=O)C1. The summed E-state index contributed by atoms with van der Waals surface area (Å²) in [6, 6.07) is 0.00572. The largest absolute Gasteiger partial charge is 0.385 e. The number of rotatable bonds is 6. The van der Waals surface area contributed by atoms with Crippen molar-refractivity contribution in [2.45, 2.75) is 25.3 Å². The van der Waals surface area contributed by atoms with E-state index in [2.05, 4.69) is 10.3 Å². The van der Waals surface area contributed by atoms with E-state index in [1.807, 2.05) is 10.8 Å². The number of ether oxygens (including phenoxy) is 1. The van der Waals surface area contributed by atoms with E-state index in [0.29, 0.717) is 12.4 Å². The number of hydrogen-bond donors (Lipinski definition) is 1. The van der Waals surface area contributed by atoms with E-state index in [1.165, 1.54) is 0 Å². The summed E-state index contributed by atoms with van der Waals surface area (Å²) in [4.78, 5) is 4.25. The first kappa shape index (κ1) is 14.3. The van der Waals surface area contributed by atoms with Gasteiger partial charge in [0.25, 0.3) is 0 Å². The Labute approximate surface area is 114 Å². The molecule has 0 amide bonds. The predicted molar refractivity (Wildman–Crippen MR) is 74.1 cm³/mol. The van der Waals surface area contributed by atoms with Gasteiger partial charge in [0.1, 0.15) is 0 Å². The van der Waals surface area contributed by atoms with E-state index in [4.69, 9.17) is 4.74 Å². The van der Waals surface area contributed by atoms with Crippen molar-refractivity contribution in [3.05, 3.63) is 12.4 Å². The average molecular weight is 287 g/mol. The highest BCUT2D eigenvalue weighted by atomic mass is 32.2. The second-order valence-electron chi connectivity index (χ2n) is 4.84. The first-order chi connectivity index (χ1) is 9.12. The second-order valence-corrected chi connectivity index (χ2v) is 7.07. The molecule has 0 saturated carbocycles. The maximum atomic E-state index is 11.7. The Balaban J connectivity index is 1.98. The Bertz CT molecular complexity index is 498. The van der Waals surface area contributed by atoms with Crippen molar-refractivity contribution in [3.63, 3.8) is 0 Å². The van der Waals surface area contributed by atoms with E-state index in [1.54, 1.807) is 13.3 Å². The number of anilines is 1. The van der Waals surface area contributed by atoms with Crippen molar-refractivity contribution < 1.29 is 13.2 Å². The second kappa shape index (κ2) is 6.38. The minimum absolute atomic E-state index is 0.00572. The van der Waals surface area contributed by atoms with Gasteiger partial charge in [0.05, 0.1) is 17.5 Å². The molecule has 1 aromatic heterocycles. The summed E-state index contributed by atoms with van der Waals surface area (Å²) in [6.45, 7) is 1.47. The average Bonchev–Trinajstić information content (AvgIpc) is 2.82. The van der Waals surface area contributed by atoms with E-state index in [-0.39, 0.29) is 11.8 Å². The lowest BCUT2D eigenvalue weighted by Gasteiger charge is -2.24. The first-order valence-electron chi connectivity index (χ1n) is 6.58. The Kier molecular flexibility index (Phi) is 4.81. The van der Waals surface area contributed by atoms with Crippen LogP contribution < -0.4 is 5.32 Å². The molecule has 0 bridgehead atoms. The summed E-state index contributed by atoms with van der Waals surface area (Å²) >= 11 is 0. The smallest absolute Gasteiger partial charge is 0.203 e. The lowest BCUT2D eigenvalue weighted by atomic mass is 10.2. The highest BCUT2D eigenvalue weighted by molar-refractivity contribution is 7.91. The van der Waals surface area contributed by atoms with Crippen LogP contribution in [0, 0.1) is 0 Å². The lowest BCUT2D eigenvalue weighted by molar-refractivity contribution is 0.197. The first-order valence-corrected chi connectivity index (χ1v) is 8.40. The Hall–Kier alpha value is -1.08. The van der Waals surface area contributed by atoms with Crippen LogP contribution in [0.3, 0.4) is 0 Å². The molecule has 1 unspecified atom stereocenters. The van der Waals surface area contributed by atoms with E-state index >= 15 is 0 Å². The van der Waals surface area contributed by atoms with Gasteiger partial charge in [0.15, 0.2) is 9.84 Å². The zero-order valence-electron chi connectivity index (χ0n) is 11.2. The minimum Gasteiger partial charge on any atom is -0.385 e. The van der Waals surface area contributed by atoms with Crippen LogP contribution >= 0.6 is 0 Å². The maximum Gasteiger partial charge on any atom is 0.203 e. The van der Waals surface area contributed by atoms with Crippen molar-refractivity contribution in [2.24, 2.45) is 0 Å². The quantitative estimate of drug-likeness (QED) is 0.793. The summed E-state index contributed by atoms with van der Waals surface area (Å²) < 4.78 is 30.3. The van der Waals surface area contributed by atoms with Crippen molar-refractivity contribution in [1.29, 1.82) is 0 Å². The highest BCUT2D eigenvalue weighted by Gasteiger charge is 2.27. The molecule has 0 aromatic carbocycles. The number of nitrogens with one attached hydrogen (secondary N) is 1. The van der Waals surface area contributed by atoms with Crippen molar-refractivity contribution in [2.75, 3.05) is 37.1 Å². The molecule has 1 aliphatic heterocycles. The normalized spacial score (nSPS) is 22.3. The van der Waals surface area contributed by atoms with Crippen LogP contribution in [0.1, 0.15) is 25.3 Å². The van der Waals surface area contributed by atoms with Crippen molar-refractivity contribution >= 4 is 15.8 Å². The fourth-order valence-corrected chi connectivity index (χ4v) is 4.07. The molecule has 19 heavy (non-hydrogen) atoms. The molecule has 1 aliphatic rings. The third kappa shape index (κ3) is 3.94. The van der Waals surface area contributed by atoms with Crippen LogP contribution in [0.5, 0.6) is 0 Å².